The van der Waals surface area contributed by atoms with Crippen LogP contribution in [0.4, 0.5) is 0 Å². The summed E-state index contributed by atoms with van der Waals surface area (Å²) in [4.78, 5) is 27.3. The first kappa shape index (κ1) is 11.1. The topological polar surface area (TPSA) is 49.9 Å². The molecule has 0 aromatic rings. The lowest BCUT2D eigenvalue weighted by atomic mass is 9.81. The van der Waals surface area contributed by atoms with Crippen LogP contribution in [0.2, 0.25) is 0 Å². The predicted octanol–water partition coefficient (Wildman–Crippen LogP) is -0.00470. The van der Waals surface area contributed by atoms with Gasteiger partial charge < -0.3 is 9.64 Å². The lowest BCUT2D eigenvalue weighted by Gasteiger charge is -2.23. The fraction of sp³-hybridized carbons (Fsp3) is 0.727. The van der Waals surface area contributed by atoms with Gasteiger partial charge in [-0.15, -0.1) is 0 Å². The normalized spacial score (nSPS) is 38.8. The van der Waals surface area contributed by atoms with Crippen molar-refractivity contribution in [3.8, 4) is 0 Å². The van der Waals surface area contributed by atoms with Gasteiger partial charge in [-0.05, 0) is 25.1 Å². The van der Waals surface area contributed by atoms with E-state index in [1.165, 1.54) is 4.90 Å². The molecule has 92 valence electrons. The Hall–Kier alpha value is -1.01. The third-order valence-corrected chi connectivity index (χ3v) is 4.41. The highest BCUT2D eigenvalue weighted by Crippen LogP contribution is 2.48. The van der Waals surface area contributed by atoms with Gasteiger partial charge in [0.1, 0.15) is 0 Å². The molecule has 5 nitrogen and oxygen atoms in total. The van der Waals surface area contributed by atoms with Crippen LogP contribution in [-0.4, -0.2) is 53.0 Å². The molecule has 4 unspecified atom stereocenters. The second kappa shape index (κ2) is 3.49. The van der Waals surface area contributed by atoms with Crippen molar-refractivity contribution in [2.24, 2.45) is 11.8 Å². The van der Waals surface area contributed by atoms with Crippen LogP contribution in [0, 0.1) is 11.8 Å². The van der Waals surface area contributed by atoms with Crippen molar-refractivity contribution in [1.82, 2.24) is 9.80 Å². The minimum absolute atomic E-state index is 0.0728. The van der Waals surface area contributed by atoms with Crippen LogP contribution in [0.25, 0.3) is 0 Å². The molecule has 3 saturated heterocycles. The van der Waals surface area contributed by atoms with Crippen LogP contribution in [0.15, 0.2) is 0 Å². The summed E-state index contributed by atoms with van der Waals surface area (Å²) in [6.45, 7) is 0. The summed E-state index contributed by atoms with van der Waals surface area (Å²) in [5.41, 5.74) is 0. The Kier molecular flexibility index (Phi) is 2.28. The molecule has 3 rings (SSSR count). The standard InChI is InChI=1S/C11H14N2O3S/c1-12(2)11(17)13-9(14)7-5-3-4-6(16-5)8(7)10(13)15/h5-8H,3-4H2,1-2H3. The largest absolute Gasteiger partial charge is 0.373 e. The summed E-state index contributed by atoms with van der Waals surface area (Å²) < 4.78 is 5.64. The van der Waals surface area contributed by atoms with Gasteiger partial charge in [0.15, 0.2) is 5.11 Å². The summed E-state index contributed by atoms with van der Waals surface area (Å²) in [5.74, 6) is -0.935. The molecule has 0 N–H and O–H groups in total. The fourth-order valence-corrected chi connectivity index (χ4v) is 3.28. The average Bonchev–Trinajstić information content (AvgIpc) is 2.92. The van der Waals surface area contributed by atoms with Crippen molar-refractivity contribution < 1.29 is 14.3 Å². The molecule has 0 radical (unpaired) electrons. The Bertz CT molecular complexity index is 395. The van der Waals surface area contributed by atoms with E-state index >= 15 is 0 Å². The molecule has 6 heteroatoms. The van der Waals surface area contributed by atoms with Crippen LogP contribution in [0.3, 0.4) is 0 Å². The molecule has 0 saturated carbocycles. The molecule has 3 heterocycles. The maximum atomic E-state index is 12.2. The SMILES string of the molecule is CN(C)C(=S)N1C(=O)C2C3CCC(O3)C2C1=O. The number of hydrogen-bond acceptors (Lipinski definition) is 4. The van der Waals surface area contributed by atoms with Gasteiger partial charge in [-0.2, -0.15) is 0 Å². The first-order chi connectivity index (χ1) is 8.02. The number of rotatable bonds is 0. The summed E-state index contributed by atoms with van der Waals surface area (Å²) in [5, 5.41) is 0.286. The van der Waals surface area contributed by atoms with Crippen molar-refractivity contribution in [3.05, 3.63) is 0 Å². The van der Waals surface area contributed by atoms with Gasteiger partial charge in [-0.3, -0.25) is 9.59 Å². The molecule has 3 aliphatic heterocycles. The summed E-state index contributed by atoms with van der Waals surface area (Å²) in [7, 11) is 3.48. The maximum Gasteiger partial charge on any atom is 0.242 e. The second-order valence-electron chi connectivity index (χ2n) is 5.03. The number of carbonyl (C=O) groups is 2. The van der Waals surface area contributed by atoms with Gasteiger partial charge in [0.2, 0.25) is 11.8 Å². The lowest BCUT2D eigenvalue weighted by Crippen LogP contribution is -2.44. The van der Waals surface area contributed by atoms with E-state index in [0.29, 0.717) is 0 Å². The van der Waals surface area contributed by atoms with Crippen molar-refractivity contribution >= 4 is 29.1 Å². The Balaban J connectivity index is 1.93. The molecule has 0 aromatic heterocycles. The van der Waals surface area contributed by atoms with E-state index in [2.05, 4.69) is 0 Å². The van der Waals surface area contributed by atoms with Gasteiger partial charge in [-0.1, -0.05) is 0 Å². The smallest absolute Gasteiger partial charge is 0.242 e. The number of likely N-dealkylation sites (tertiary alicyclic amines) is 1. The van der Waals surface area contributed by atoms with Gasteiger partial charge in [0, 0.05) is 14.1 Å². The van der Waals surface area contributed by atoms with Crippen LogP contribution in [0.5, 0.6) is 0 Å². The first-order valence-corrected chi connectivity index (χ1v) is 6.17. The zero-order valence-corrected chi connectivity index (χ0v) is 10.6. The van der Waals surface area contributed by atoms with Crippen molar-refractivity contribution in [2.45, 2.75) is 25.0 Å². The molecule has 0 aliphatic carbocycles. The molecule has 17 heavy (non-hydrogen) atoms. The second-order valence-corrected chi connectivity index (χ2v) is 5.40. The average molecular weight is 254 g/mol. The highest BCUT2D eigenvalue weighted by Gasteiger charge is 2.63. The summed E-state index contributed by atoms with van der Waals surface area (Å²) in [6, 6.07) is 0. The van der Waals surface area contributed by atoms with Crippen LogP contribution < -0.4 is 0 Å². The molecule has 0 aromatic carbocycles. The molecule has 2 bridgehead atoms. The highest BCUT2D eigenvalue weighted by molar-refractivity contribution is 7.80. The van der Waals surface area contributed by atoms with E-state index in [4.69, 9.17) is 17.0 Å². The Morgan fingerprint density at radius 1 is 1.24 bits per heavy atom. The minimum atomic E-state index is -0.292. The van der Waals surface area contributed by atoms with Crippen LogP contribution >= 0.6 is 12.2 Å². The monoisotopic (exact) mass is 254 g/mol. The molecule has 3 fully saturated rings. The van der Waals surface area contributed by atoms with E-state index in [1.807, 2.05) is 0 Å². The third kappa shape index (κ3) is 1.31. The van der Waals surface area contributed by atoms with E-state index in [1.54, 1.807) is 19.0 Å². The van der Waals surface area contributed by atoms with E-state index < -0.39 is 0 Å². The zero-order valence-electron chi connectivity index (χ0n) is 9.75. The van der Waals surface area contributed by atoms with E-state index in [0.717, 1.165) is 12.8 Å². The Morgan fingerprint density at radius 2 is 1.71 bits per heavy atom. The van der Waals surface area contributed by atoms with Gasteiger partial charge in [0.05, 0.1) is 24.0 Å². The Morgan fingerprint density at radius 3 is 2.12 bits per heavy atom. The maximum absolute atomic E-state index is 12.2. The molecule has 3 aliphatic rings. The number of imide groups is 1. The first-order valence-electron chi connectivity index (χ1n) is 5.77. The number of carbonyl (C=O) groups excluding carboxylic acids is 2. The molecule has 0 spiro atoms. The summed E-state index contributed by atoms with van der Waals surface area (Å²) >= 11 is 5.14. The molecule has 4 atom stereocenters. The molecular formula is C11H14N2O3S. The van der Waals surface area contributed by atoms with Crippen molar-refractivity contribution in [3.63, 3.8) is 0 Å². The third-order valence-electron chi connectivity index (χ3n) is 3.86. The number of amides is 2. The number of fused-ring (bicyclic) bond motifs is 5. The number of ether oxygens (including phenoxy) is 1. The minimum Gasteiger partial charge on any atom is -0.373 e. The van der Waals surface area contributed by atoms with E-state index in [9.17, 15) is 9.59 Å². The zero-order chi connectivity index (χ0) is 12.3. The van der Waals surface area contributed by atoms with Gasteiger partial charge in [-0.25, -0.2) is 4.90 Å². The molecular weight excluding hydrogens is 240 g/mol. The highest BCUT2D eigenvalue weighted by atomic mass is 32.1. The number of hydrogen-bond donors (Lipinski definition) is 0. The predicted molar refractivity (Wildman–Crippen MR) is 63.0 cm³/mol. The molecule has 2 amide bonds. The van der Waals surface area contributed by atoms with Gasteiger partial charge >= 0.3 is 0 Å². The van der Waals surface area contributed by atoms with Crippen molar-refractivity contribution in [1.29, 1.82) is 0 Å². The quantitative estimate of drug-likeness (QED) is 0.450. The Labute approximate surface area is 105 Å². The number of thiocarbonyl (C=S) groups is 1. The lowest BCUT2D eigenvalue weighted by molar-refractivity contribution is -0.137. The van der Waals surface area contributed by atoms with Crippen LogP contribution in [0.1, 0.15) is 12.8 Å². The van der Waals surface area contributed by atoms with E-state index in [-0.39, 0.29) is 41.0 Å². The number of nitrogens with zero attached hydrogens (tertiary/aromatic N) is 2. The summed E-state index contributed by atoms with van der Waals surface area (Å²) in [6.07, 6.45) is 1.62. The van der Waals surface area contributed by atoms with Crippen LogP contribution in [-0.2, 0) is 14.3 Å². The van der Waals surface area contributed by atoms with Gasteiger partial charge in [0.25, 0.3) is 0 Å². The fourth-order valence-electron chi connectivity index (χ4n) is 3.10. The van der Waals surface area contributed by atoms with Crippen molar-refractivity contribution in [2.75, 3.05) is 14.1 Å².